The van der Waals surface area contributed by atoms with Gasteiger partial charge in [-0.15, -0.1) is 0 Å². The quantitative estimate of drug-likeness (QED) is 0.615. The summed E-state index contributed by atoms with van der Waals surface area (Å²) in [5.41, 5.74) is 2.92. The molecule has 1 heterocycles. The molecule has 0 radical (unpaired) electrons. The second-order valence-electron chi connectivity index (χ2n) is 6.48. The molecule has 0 fully saturated rings. The summed E-state index contributed by atoms with van der Waals surface area (Å²) >= 11 is 0. The Balaban J connectivity index is 2.12. The highest BCUT2D eigenvalue weighted by Crippen LogP contribution is 2.44. The number of ketones is 1. The van der Waals surface area contributed by atoms with Crippen molar-refractivity contribution in [2.75, 3.05) is 7.11 Å². The third-order valence-electron chi connectivity index (χ3n) is 4.77. The Bertz CT molecular complexity index is 876. The van der Waals surface area contributed by atoms with Crippen LogP contribution >= 0.6 is 0 Å². The second-order valence-corrected chi connectivity index (χ2v) is 6.48. The number of aliphatic imine (C=N–C) groups is 1. The van der Waals surface area contributed by atoms with Gasteiger partial charge in [0.15, 0.2) is 17.3 Å². The molecule has 1 aromatic carbocycles. The largest absolute Gasteiger partial charge is 0.493 e. The summed E-state index contributed by atoms with van der Waals surface area (Å²) in [6.07, 6.45) is 2.01. The lowest BCUT2D eigenvalue weighted by molar-refractivity contribution is -0.132. The lowest BCUT2D eigenvalue weighted by Crippen LogP contribution is -2.30. The van der Waals surface area contributed by atoms with E-state index in [4.69, 9.17) is 9.47 Å². The molecule has 26 heavy (non-hydrogen) atoms. The molecule has 134 valence electrons. The van der Waals surface area contributed by atoms with Crippen LogP contribution in [-0.2, 0) is 9.59 Å². The van der Waals surface area contributed by atoms with Gasteiger partial charge < -0.3 is 9.47 Å². The number of Topliss-reactive ketones (excluding diaryl/α,β-unsaturated/α-hetero) is 1. The summed E-state index contributed by atoms with van der Waals surface area (Å²) in [4.78, 5) is 28.4. The first kappa shape index (κ1) is 17.9. The van der Waals surface area contributed by atoms with E-state index in [1.54, 1.807) is 18.2 Å². The maximum absolute atomic E-state index is 12.6. The Hall–Kier alpha value is -2.94. The highest BCUT2D eigenvalue weighted by atomic mass is 16.6. The topological polar surface area (TPSA) is 88.8 Å². The molecule has 3 rings (SSSR count). The van der Waals surface area contributed by atoms with Gasteiger partial charge in [0.05, 0.1) is 19.1 Å². The maximum Gasteiger partial charge on any atom is 0.308 e. The highest BCUT2D eigenvalue weighted by Gasteiger charge is 2.39. The molecular formula is C20H20N2O4. The van der Waals surface area contributed by atoms with E-state index in [0.29, 0.717) is 29.2 Å². The van der Waals surface area contributed by atoms with Crippen molar-refractivity contribution in [3.8, 4) is 17.6 Å². The second kappa shape index (κ2) is 7.12. The van der Waals surface area contributed by atoms with Gasteiger partial charge in [-0.3, -0.25) is 14.6 Å². The van der Waals surface area contributed by atoms with E-state index in [9.17, 15) is 14.9 Å². The summed E-state index contributed by atoms with van der Waals surface area (Å²) in [5.74, 6) is -0.599. The van der Waals surface area contributed by atoms with Crippen LogP contribution in [0.5, 0.6) is 11.5 Å². The van der Waals surface area contributed by atoms with Gasteiger partial charge >= 0.3 is 5.97 Å². The minimum Gasteiger partial charge on any atom is -0.493 e. The molecule has 0 N–H and O–H groups in total. The first-order valence-corrected chi connectivity index (χ1v) is 8.53. The number of benzene rings is 1. The van der Waals surface area contributed by atoms with Crippen LogP contribution in [0.4, 0.5) is 0 Å². The van der Waals surface area contributed by atoms with Gasteiger partial charge in [-0.25, -0.2) is 0 Å². The molecule has 0 saturated carbocycles. The fraction of sp³-hybridized carbons (Fsp3) is 0.400. The van der Waals surface area contributed by atoms with Gasteiger partial charge in [0, 0.05) is 36.2 Å². The number of nitrogens with zero attached hydrogens (tertiary/aromatic N) is 2. The maximum atomic E-state index is 12.6. The predicted octanol–water partition coefficient (Wildman–Crippen LogP) is 3.33. The van der Waals surface area contributed by atoms with Crippen molar-refractivity contribution in [3.63, 3.8) is 0 Å². The average molecular weight is 352 g/mol. The summed E-state index contributed by atoms with van der Waals surface area (Å²) in [7, 11) is 1.48. The van der Waals surface area contributed by atoms with Crippen LogP contribution in [0, 0.1) is 17.2 Å². The summed E-state index contributed by atoms with van der Waals surface area (Å²) in [5, 5.41) is 9.70. The van der Waals surface area contributed by atoms with Crippen molar-refractivity contribution in [1.29, 1.82) is 5.26 Å². The molecular weight excluding hydrogens is 332 g/mol. The molecule has 0 amide bonds. The van der Waals surface area contributed by atoms with E-state index in [0.717, 1.165) is 24.1 Å². The van der Waals surface area contributed by atoms with Crippen LogP contribution in [0.1, 0.15) is 44.6 Å². The zero-order chi connectivity index (χ0) is 18.8. The number of esters is 1. The molecule has 1 unspecified atom stereocenters. The predicted molar refractivity (Wildman–Crippen MR) is 95.1 cm³/mol. The minimum atomic E-state index is -0.514. The molecule has 0 aromatic heterocycles. The van der Waals surface area contributed by atoms with Crippen LogP contribution in [0.3, 0.4) is 0 Å². The first-order valence-electron chi connectivity index (χ1n) is 8.53. The summed E-state index contributed by atoms with van der Waals surface area (Å²) < 4.78 is 10.5. The van der Waals surface area contributed by atoms with Gasteiger partial charge in [0.2, 0.25) is 0 Å². The monoisotopic (exact) mass is 352 g/mol. The molecule has 1 aliphatic heterocycles. The average Bonchev–Trinajstić information content (AvgIpc) is 2.60. The van der Waals surface area contributed by atoms with Crippen molar-refractivity contribution in [2.45, 2.75) is 39.0 Å². The van der Waals surface area contributed by atoms with Crippen molar-refractivity contribution in [3.05, 3.63) is 35.0 Å². The molecule has 6 nitrogen and oxygen atoms in total. The third kappa shape index (κ3) is 3.13. The van der Waals surface area contributed by atoms with Crippen molar-refractivity contribution < 1.29 is 19.1 Å². The van der Waals surface area contributed by atoms with Gasteiger partial charge in [-0.1, -0.05) is 6.07 Å². The fourth-order valence-corrected chi connectivity index (χ4v) is 3.65. The number of carbonyl (C=O) groups is 2. The fourth-order valence-electron chi connectivity index (χ4n) is 3.65. The molecule has 0 saturated heterocycles. The Morgan fingerprint density at radius 3 is 2.73 bits per heavy atom. The first-order chi connectivity index (χ1) is 12.5. The number of ether oxygens (including phenoxy) is 2. The zero-order valence-electron chi connectivity index (χ0n) is 15.0. The normalized spacial score (nSPS) is 22.2. The third-order valence-corrected chi connectivity index (χ3v) is 4.77. The van der Waals surface area contributed by atoms with Crippen molar-refractivity contribution in [2.24, 2.45) is 10.9 Å². The van der Waals surface area contributed by atoms with Gasteiger partial charge in [-0.05, 0) is 37.5 Å². The van der Waals surface area contributed by atoms with E-state index < -0.39 is 11.9 Å². The lowest BCUT2D eigenvalue weighted by atomic mass is 9.72. The van der Waals surface area contributed by atoms with Gasteiger partial charge in [-0.2, -0.15) is 5.26 Å². The van der Waals surface area contributed by atoms with E-state index in [-0.39, 0.29) is 11.7 Å². The van der Waals surface area contributed by atoms with Crippen molar-refractivity contribution in [1.82, 2.24) is 0 Å². The number of allylic oxidation sites excluding steroid dienone is 2. The minimum absolute atomic E-state index is 0.0516. The Morgan fingerprint density at radius 2 is 2.08 bits per heavy atom. The van der Waals surface area contributed by atoms with E-state index >= 15 is 0 Å². The highest BCUT2D eigenvalue weighted by molar-refractivity contribution is 6.03. The van der Waals surface area contributed by atoms with Crippen LogP contribution < -0.4 is 9.47 Å². The van der Waals surface area contributed by atoms with E-state index in [2.05, 4.69) is 11.1 Å². The standard InChI is InChI=1S/C20H20N2O4/c1-11-14(10-21)19(20-15(22-11)5-4-6-16(20)24)13-7-8-17(26-12(2)23)18(9-13)25-3/h7-9,14,19H,4-6H2,1-3H3/t14?,19-/m0/s1. The summed E-state index contributed by atoms with van der Waals surface area (Å²) in [6.45, 7) is 3.14. The van der Waals surface area contributed by atoms with Crippen LogP contribution in [0.2, 0.25) is 0 Å². The number of hydrogen-bond acceptors (Lipinski definition) is 6. The molecule has 0 spiro atoms. The van der Waals surface area contributed by atoms with Crippen LogP contribution in [0.25, 0.3) is 0 Å². The molecule has 2 aliphatic rings. The number of methoxy groups -OCH3 is 1. The van der Waals surface area contributed by atoms with Gasteiger partial charge in [0.1, 0.15) is 0 Å². The molecule has 0 bridgehead atoms. The number of hydrogen-bond donors (Lipinski definition) is 0. The molecule has 1 aromatic rings. The molecule has 2 atom stereocenters. The van der Waals surface area contributed by atoms with Crippen LogP contribution in [-0.4, -0.2) is 24.6 Å². The Morgan fingerprint density at radius 1 is 1.31 bits per heavy atom. The van der Waals surface area contributed by atoms with Gasteiger partial charge in [0.25, 0.3) is 0 Å². The van der Waals surface area contributed by atoms with E-state index in [1.807, 2.05) is 6.92 Å². The van der Waals surface area contributed by atoms with E-state index in [1.165, 1.54) is 14.0 Å². The molecule has 1 aliphatic carbocycles. The number of nitriles is 1. The van der Waals surface area contributed by atoms with Crippen molar-refractivity contribution >= 4 is 17.5 Å². The number of carbonyl (C=O) groups excluding carboxylic acids is 2. The SMILES string of the molecule is COc1cc([C@@H]2C3=C(CCCC3=O)N=C(C)C2C#N)ccc1OC(C)=O. The molecule has 6 heteroatoms. The number of rotatable bonds is 3. The Labute approximate surface area is 152 Å². The van der Waals surface area contributed by atoms with Crippen LogP contribution in [0.15, 0.2) is 34.5 Å². The zero-order valence-corrected chi connectivity index (χ0v) is 15.0. The lowest BCUT2D eigenvalue weighted by Gasteiger charge is -2.32. The smallest absolute Gasteiger partial charge is 0.308 e. The Kier molecular flexibility index (Phi) is 4.90. The summed E-state index contributed by atoms with van der Waals surface area (Å²) in [6, 6.07) is 7.45.